The predicted octanol–water partition coefficient (Wildman–Crippen LogP) is 3.03. The summed E-state index contributed by atoms with van der Waals surface area (Å²) in [6.45, 7) is 5.87. The highest BCUT2D eigenvalue weighted by molar-refractivity contribution is 5.90. The van der Waals surface area contributed by atoms with Gasteiger partial charge in [-0.1, -0.05) is 38.8 Å². The Bertz CT molecular complexity index is 1090. The molecule has 1 amide bonds. The average Bonchev–Trinajstić information content (AvgIpc) is 2.90. The molecule has 8 heteroatoms. The van der Waals surface area contributed by atoms with Gasteiger partial charge in [-0.2, -0.15) is 0 Å². The molecule has 1 aliphatic rings. The fourth-order valence-electron chi connectivity index (χ4n) is 3.86. The van der Waals surface area contributed by atoms with E-state index in [4.69, 9.17) is 0 Å². The topological polar surface area (TPSA) is 84.5 Å². The minimum absolute atomic E-state index is 0.147. The molecule has 0 spiro atoms. The van der Waals surface area contributed by atoms with Crippen molar-refractivity contribution in [2.24, 2.45) is 0 Å². The molecule has 30 heavy (non-hydrogen) atoms. The van der Waals surface area contributed by atoms with Crippen LogP contribution in [0.1, 0.15) is 51.0 Å². The van der Waals surface area contributed by atoms with Crippen LogP contribution in [0.5, 0.6) is 0 Å². The van der Waals surface area contributed by atoms with Crippen LogP contribution < -0.4 is 15.9 Å². The van der Waals surface area contributed by atoms with Gasteiger partial charge in [0.1, 0.15) is 6.54 Å². The maximum atomic E-state index is 12.8. The number of aromatic nitrogens is 4. The minimum Gasteiger partial charge on any atom is -0.353 e. The van der Waals surface area contributed by atoms with E-state index in [1.807, 2.05) is 24.3 Å². The third-order valence-corrected chi connectivity index (χ3v) is 5.52. The van der Waals surface area contributed by atoms with Crippen LogP contribution in [0, 0.1) is 0 Å². The van der Waals surface area contributed by atoms with Crippen molar-refractivity contribution in [3.8, 4) is 0 Å². The third-order valence-electron chi connectivity index (χ3n) is 5.52. The molecule has 0 bridgehead atoms. The highest BCUT2D eigenvalue weighted by atomic mass is 16.2. The Labute approximate surface area is 175 Å². The van der Waals surface area contributed by atoms with Crippen molar-refractivity contribution in [1.29, 1.82) is 0 Å². The zero-order chi connectivity index (χ0) is 21.1. The lowest BCUT2D eigenvalue weighted by molar-refractivity contribution is -0.117. The summed E-state index contributed by atoms with van der Waals surface area (Å²) in [5, 5.41) is 7.32. The molecule has 1 fully saturated rings. The Morgan fingerprint density at radius 2 is 1.93 bits per heavy atom. The summed E-state index contributed by atoms with van der Waals surface area (Å²) in [6, 6.07) is 7.75. The fourth-order valence-corrected chi connectivity index (χ4v) is 3.86. The number of anilines is 2. The summed E-state index contributed by atoms with van der Waals surface area (Å²) < 4.78 is 2.68. The summed E-state index contributed by atoms with van der Waals surface area (Å²) in [5.74, 6) is 0.791. The zero-order valence-corrected chi connectivity index (χ0v) is 17.5. The van der Waals surface area contributed by atoms with E-state index in [0.29, 0.717) is 17.4 Å². The summed E-state index contributed by atoms with van der Waals surface area (Å²) in [7, 11) is 0. The summed E-state index contributed by atoms with van der Waals surface area (Å²) in [5.41, 5.74) is 2.02. The normalized spacial score (nSPS) is 14.8. The Hall–Kier alpha value is -3.16. The van der Waals surface area contributed by atoms with Crippen molar-refractivity contribution in [1.82, 2.24) is 19.2 Å². The molecular formula is C22H28N6O2. The van der Waals surface area contributed by atoms with Crippen molar-refractivity contribution >= 4 is 23.1 Å². The van der Waals surface area contributed by atoms with Crippen molar-refractivity contribution in [2.45, 2.75) is 52.0 Å². The molecule has 3 aromatic rings. The van der Waals surface area contributed by atoms with Crippen LogP contribution in [0.3, 0.4) is 0 Å². The van der Waals surface area contributed by atoms with Crippen LogP contribution in [0.2, 0.25) is 0 Å². The molecule has 0 saturated carbocycles. The van der Waals surface area contributed by atoms with Crippen LogP contribution in [-0.4, -0.2) is 38.2 Å². The minimum atomic E-state index is -0.338. The van der Waals surface area contributed by atoms with Crippen LogP contribution in [0.15, 0.2) is 41.5 Å². The van der Waals surface area contributed by atoms with Gasteiger partial charge in [0, 0.05) is 31.2 Å². The first kappa shape index (κ1) is 20.1. The van der Waals surface area contributed by atoms with Gasteiger partial charge in [0.2, 0.25) is 11.6 Å². The molecule has 1 aliphatic heterocycles. The number of carbonyl (C=O) groups is 1. The first-order valence-corrected chi connectivity index (χ1v) is 10.6. The molecule has 4 rings (SSSR count). The van der Waals surface area contributed by atoms with Gasteiger partial charge in [-0.3, -0.25) is 4.79 Å². The first-order valence-electron chi connectivity index (χ1n) is 10.6. The van der Waals surface area contributed by atoms with Gasteiger partial charge >= 0.3 is 5.69 Å². The summed E-state index contributed by atoms with van der Waals surface area (Å²) in [6.07, 6.45) is 7.85. The van der Waals surface area contributed by atoms with Crippen LogP contribution >= 0.6 is 0 Å². The molecule has 0 atom stereocenters. The first-order chi connectivity index (χ1) is 14.5. The maximum Gasteiger partial charge on any atom is 0.350 e. The second-order valence-corrected chi connectivity index (χ2v) is 8.11. The number of hydrogen-bond acceptors (Lipinski definition) is 5. The van der Waals surface area contributed by atoms with E-state index < -0.39 is 0 Å². The smallest absolute Gasteiger partial charge is 0.350 e. The van der Waals surface area contributed by atoms with E-state index in [-0.39, 0.29) is 18.1 Å². The predicted molar refractivity (Wildman–Crippen MR) is 117 cm³/mol. The lowest BCUT2D eigenvalue weighted by Crippen LogP contribution is -2.28. The maximum absolute atomic E-state index is 12.8. The van der Waals surface area contributed by atoms with E-state index in [1.54, 1.807) is 12.4 Å². The second kappa shape index (κ2) is 8.69. The molecule has 0 unspecified atom stereocenters. The lowest BCUT2D eigenvalue weighted by atomic mass is 10.0. The summed E-state index contributed by atoms with van der Waals surface area (Å²) in [4.78, 5) is 32.1. The molecule has 1 aromatic carbocycles. The van der Waals surface area contributed by atoms with Gasteiger partial charge in [0.05, 0.1) is 0 Å². The van der Waals surface area contributed by atoms with Crippen LogP contribution in [-0.2, 0) is 11.3 Å². The number of nitrogens with zero attached hydrogens (tertiary/aromatic N) is 5. The molecule has 0 radical (unpaired) electrons. The fraction of sp³-hybridized carbons (Fsp3) is 0.455. The van der Waals surface area contributed by atoms with Crippen molar-refractivity contribution in [3.63, 3.8) is 0 Å². The Balaban J connectivity index is 1.56. The van der Waals surface area contributed by atoms with Gasteiger partial charge in [-0.05, 0) is 36.5 Å². The molecule has 8 nitrogen and oxygen atoms in total. The third kappa shape index (κ3) is 4.22. The van der Waals surface area contributed by atoms with Crippen LogP contribution in [0.4, 0.5) is 11.5 Å². The Kier molecular flexibility index (Phi) is 5.83. The quantitative estimate of drug-likeness (QED) is 0.701. The van der Waals surface area contributed by atoms with Crippen LogP contribution in [0.25, 0.3) is 5.65 Å². The number of hydrogen-bond donors (Lipinski definition) is 1. The molecule has 3 heterocycles. The van der Waals surface area contributed by atoms with E-state index in [0.717, 1.165) is 37.2 Å². The van der Waals surface area contributed by atoms with Gasteiger partial charge in [0.25, 0.3) is 0 Å². The number of benzene rings is 1. The van der Waals surface area contributed by atoms with Gasteiger partial charge in [-0.25, -0.2) is 18.9 Å². The van der Waals surface area contributed by atoms with E-state index in [2.05, 4.69) is 34.1 Å². The molecule has 158 valence electrons. The highest BCUT2D eigenvalue weighted by Crippen LogP contribution is 2.21. The highest BCUT2D eigenvalue weighted by Gasteiger charge is 2.19. The second-order valence-electron chi connectivity index (χ2n) is 8.11. The number of rotatable bonds is 5. The van der Waals surface area contributed by atoms with E-state index >= 15 is 0 Å². The zero-order valence-electron chi connectivity index (χ0n) is 17.5. The number of nitrogens with one attached hydrogen (secondary N) is 1. The molecule has 2 aromatic heterocycles. The molecular weight excluding hydrogens is 380 g/mol. The molecule has 1 saturated heterocycles. The standard InChI is InChI=1S/C22H28N6O2/c1-16(2)17-8-7-9-18(14-17)24-19(29)15-28-22(30)27-13-10-23-20(21(27)25-28)26-11-5-3-4-6-12-26/h7-10,13-14,16H,3-6,11-12,15H2,1-2H3,(H,24,29). The number of carbonyl (C=O) groups excluding carboxylic acids is 1. The Morgan fingerprint density at radius 1 is 1.17 bits per heavy atom. The average molecular weight is 409 g/mol. The van der Waals surface area contributed by atoms with E-state index in [9.17, 15) is 9.59 Å². The van der Waals surface area contributed by atoms with E-state index in [1.165, 1.54) is 21.9 Å². The summed E-state index contributed by atoms with van der Waals surface area (Å²) >= 11 is 0. The van der Waals surface area contributed by atoms with Crippen molar-refractivity contribution in [2.75, 3.05) is 23.3 Å². The number of fused-ring (bicyclic) bond motifs is 1. The van der Waals surface area contributed by atoms with Crippen molar-refractivity contribution < 1.29 is 4.79 Å². The van der Waals surface area contributed by atoms with Gasteiger partial charge in [-0.15, -0.1) is 5.10 Å². The largest absolute Gasteiger partial charge is 0.353 e. The van der Waals surface area contributed by atoms with Gasteiger partial charge < -0.3 is 10.2 Å². The molecule has 0 aliphatic carbocycles. The van der Waals surface area contributed by atoms with Crippen molar-refractivity contribution in [3.05, 3.63) is 52.7 Å². The lowest BCUT2D eigenvalue weighted by Gasteiger charge is -2.20. The monoisotopic (exact) mass is 408 g/mol. The SMILES string of the molecule is CC(C)c1cccc(NC(=O)Cn2nc3c(N4CCCCCC4)nccn3c2=O)c1. The number of amides is 1. The molecule has 1 N–H and O–H groups in total. The van der Waals surface area contributed by atoms with Gasteiger partial charge in [0.15, 0.2) is 5.82 Å². The Morgan fingerprint density at radius 3 is 2.67 bits per heavy atom.